The van der Waals surface area contributed by atoms with Crippen LogP contribution in [0.5, 0.6) is 0 Å². The number of nitrogens with one attached hydrogen (secondary N) is 1. The normalized spacial score (nSPS) is 10.7. The number of esters is 1. The number of aromatic nitrogens is 1. The number of carbonyl (C=O) groups is 1. The van der Waals surface area contributed by atoms with Gasteiger partial charge in [0.1, 0.15) is 12.3 Å². The Morgan fingerprint density at radius 1 is 0.760 bits per heavy atom. The molecule has 3 nitrogen and oxygen atoms in total. The van der Waals surface area contributed by atoms with Crippen LogP contribution in [0.15, 0.2) is 84.9 Å². The van der Waals surface area contributed by atoms with Crippen LogP contribution in [0.25, 0.3) is 22.0 Å². The summed E-state index contributed by atoms with van der Waals surface area (Å²) in [5, 5.41) is 1.89. The lowest BCUT2D eigenvalue weighted by molar-refractivity contribution is 0.0469. The Morgan fingerprint density at radius 2 is 1.36 bits per heavy atom. The summed E-state index contributed by atoms with van der Waals surface area (Å²) in [7, 11) is 0. The predicted molar refractivity (Wildman–Crippen MR) is 99.3 cm³/mol. The SMILES string of the molecule is O=C(OCc1ccccc1)c1[nH]c(-c2ccccc2)c2ccccc12. The van der Waals surface area contributed by atoms with E-state index >= 15 is 0 Å². The molecule has 25 heavy (non-hydrogen) atoms. The van der Waals surface area contributed by atoms with Crippen LogP contribution in [0.3, 0.4) is 0 Å². The lowest BCUT2D eigenvalue weighted by Crippen LogP contribution is -2.06. The Balaban J connectivity index is 1.69. The predicted octanol–water partition coefficient (Wildman–Crippen LogP) is 5.19. The molecule has 0 saturated carbocycles. The third-order valence-electron chi connectivity index (χ3n) is 4.20. The van der Waals surface area contributed by atoms with Gasteiger partial charge < -0.3 is 9.72 Å². The van der Waals surface area contributed by atoms with Crippen LogP contribution in [0.4, 0.5) is 0 Å². The molecule has 122 valence electrons. The summed E-state index contributed by atoms with van der Waals surface area (Å²) in [6.07, 6.45) is 0. The highest BCUT2D eigenvalue weighted by atomic mass is 16.5. The first-order valence-corrected chi connectivity index (χ1v) is 8.20. The maximum Gasteiger partial charge on any atom is 0.355 e. The van der Waals surface area contributed by atoms with Crippen molar-refractivity contribution < 1.29 is 9.53 Å². The van der Waals surface area contributed by atoms with Gasteiger partial charge in [0.15, 0.2) is 0 Å². The summed E-state index contributed by atoms with van der Waals surface area (Å²) in [5.41, 5.74) is 3.43. The quantitative estimate of drug-likeness (QED) is 0.524. The van der Waals surface area contributed by atoms with Gasteiger partial charge in [-0.25, -0.2) is 4.79 Å². The molecule has 0 atom stereocenters. The van der Waals surface area contributed by atoms with E-state index in [0.717, 1.165) is 27.6 Å². The van der Waals surface area contributed by atoms with Gasteiger partial charge in [-0.15, -0.1) is 0 Å². The van der Waals surface area contributed by atoms with Crippen LogP contribution < -0.4 is 0 Å². The van der Waals surface area contributed by atoms with E-state index in [2.05, 4.69) is 4.98 Å². The first-order chi connectivity index (χ1) is 12.3. The summed E-state index contributed by atoms with van der Waals surface area (Å²) in [4.78, 5) is 15.9. The van der Waals surface area contributed by atoms with Gasteiger partial charge >= 0.3 is 5.97 Å². The number of H-pyrrole nitrogens is 1. The Kier molecular flexibility index (Phi) is 4.05. The fraction of sp³-hybridized carbons (Fsp3) is 0.0455. The summed E-state index contributed by atoms with van der Waals surface area (Å²) in [5.74, 6) is -0.345. The van der Waals surface area contributed by atoms with E-state index in [1.807, 2.05) is 84.9 Å². The summed E-state index contributed by atoms with van der Waals surface area (Å²) >= 11 is 0. The second kappa shape index (κ2) is 6.65. The molecule has 4 aromatic rings. The fourth-order valence-corrected chi connectivity index (χ4v) is 2.97. The molecule has 0 unspecified atom stereocenters. The van der Waals surface area contributed by atoms with E-state index in [-0.39, 0.29) is 12.6 Å². The molecule has 0 amide bonds. The Morgan fingerprint density at radius 3 is 2.08 bits per heavy atom. The van der Waals surface area contributed by atoms with Gasteiger partial charge in [0, 0.05) is 10.8 Å². The highest BCUT2D eigenvalue weighted by molar-refractivity contribution is 6.08. The smallest absolute Gasteiger partial charge is 0.355 e. The third kappa shape index (κ3) is 3.04. The summed E-state index contributed by atoms with van der Waals surface area (Å²) in [6, 6.07) is 27.5. The van der Waals surface area contributed by atoms with Crippen molar-refractivity contribution in [3.8, 4) is 11.3 Å². The van der Waals surface area contributed by atoms with Crippen LogP contribution in [-0.2, 0) is 11.3 Å². The second-order valence-electron chi connectivity index (χ2n) is 5.85. The van der Waals surface area contributed by atoms with Gasteiger partial charge in [-0.2, -0.15) is 0 Å². The molecular formula is C22H17NO2. The molecule has 0 spiro atoms. The van der Waals surface area contributed by atoms with E-state index in [4.69, 9.17) is 4.74 Å². The molecular weight excluding hydrogens is 310 g/mol. The maximum absolute atomic E-state index is 12.6. The highest BCUT2D eigenvalue weighted by Gasteiger charge is 2.18. The van der Waals surface area contributed by atoms with Crippen molar-refractivity contribution in [2.24, 2.45) is 0 Å². The third-order valence-corrected chi connectivity index (χ3v) is 4.20. The van der Waals surface area contributed by atoms with E-state index in [1.165, 1.54) is 0 Å². The first-order valence-electron chi connectivity index (χ1n) is 8.20. The average Bonchev–Trinajstić information content (AvgIpc) is 3.07. The standard InChI is InChI=1S/C22H17NO2/c24-22(25-15-16-9-3-1-4-10-16)21-19-14-8-7-13-18(19)20(23-21)17-11-5-2-6-12-17/h1-14,23H,15H2. The minimum absolute atomic E-state index is 0.258. The number of hydrogen-bond donors (Lipinski definition) is 1. The van der Waals surface area contributed by atoms with Gasteiger partial charge in [0.05, 0.1) is 5.69 Å². The second-order valence-corrected chi connectivity index (χ2v) is 5.85. The fourth-order valence-electron chi connectivity index (χ4n) is 2.97. The largest absolute Gasteiger partial charge is 0.456 e. The molecule has 0 aliphatic rings. The monoisotopic (exact) mass is 327 g/mol. The highest BCUT2D eigenvalue weighted by Crippen LogP contribution is 2.31. The van der Waals surface area contributed by atoms with Gasteiger partial charge in [-0.3, -0.25) is 0 Å². The van der Waals surface area contributed by atoms with Gasteiger partial charge in [0.2, 0.25) is 0 Å². The molecule has 4 rings (SSSR count). The minimum atomic E-state index is -0.345. The number of carbonyl (C=O) groups excluding carboxylic acids is 1. The number of fused-ring (bicyclic) bond motifs is 1. The average molecular weight is 327 g/mol. The number of rotatable bonds is 4. The Labute approximate surface area is 145 Å². The topological polar surface area (TPSA) is 42.1 Å². The molecule has 0 saturated heterocycles. The molecule has 0 bridgehead atoms. The number of aromatic amines is 1. The van der Waals surface area contributed by atoms with Crippen molar-refractivity contribution in [3.05, 3.63) is 96.2 Å². The molecule has 0 radical (unpaired) electrons. The van der Waals surface area contributed by atoms with Crippen molar-refractivity contribution in [2.75, 3.05) is 0 Å². The first kappa shape index (κ1) is 15.2. The van der Waals surface area contributed by atoms with Crippen LogP contribution in [0.1, 0.15) is 16.1 Å². The van der Waals surface area contributed by atoms with Crippen molar-refractivity contribution in [1.82, 2.24) is 4.98 Å². The molecule has 3 heteroatoms. The Hall–Kier alpha value is -3.33. The molecule has 3 aromatic carbocycles. The molecule has 0 aliphatic heterocycles. The molecule has 1 N–H and O–H groups in total. The molecule has 0 aliphatic carbocycles. The van der Waals surface area contributed by atoms with Gasteiger partial charge in [-0.05, 0) is 11.1 Å². The Bertz CT molecular complexity index is 1000. The van der Waals surface area contributed by atoms with E-state index in [9.17, 15) is 4.79 Å². The van der Waals surface area contributed by atoms with Crippen molar-refractivity contribution in [3.63, 3.8) is 0 Å². The zero-order valence-electron chi connectivity index (χ0n) is 13.6. The van der Waals surface area contributed by atoms with Crippen molar-refractivity contribution >= 4 is 16.7 Å². The van der Waals surface area contributed by atoms with Crippen LogP contribution in [0.2, 0.25) is 0 Å². The van der Waals surface area contributed by atoms with Gasteiger partial charge in [0.25, 0.3) is 0 Å². The van der Waals surface area contributed by atoms with E-state index in [1.54, 1.807) is 0 Å². The van der Waals surface area contributed by atoms with E-state index in [0.29, 0.717) is 5.69 Å². The van der Waals surface area contributed by atoms with Crippen LogP contribution in [-0.4, -0.2) is 11.0 Å². The number of hydrogen-bond acceptors (Lipinski definition) is 2. The van der Waals surface area contributed by atoms with Crippen LogP contribution in [0, 0.1) is 0 Å². The number of benzene rings is 3. The zero-order chi connectivity index (χ0) is 17.1. The molecule has 1 aromatic heterocycles. The summed E-state index contributed by atoms with van der Waals surface area (Å²) < 4.78 is 5.50. The lowest BCUT2D eigenvalue weighted by Gasteiger charge is -2.04. The zero-order valence-corrected chi connectivity index (χ0v) is 13.6. The molecule has 0 fully saturated rings. The van der Waals surface area contributed by atoms with Crippen molar-refractivity contribution in [2.45, 2.75) is 6.61 Å². The van der Waals surface area contributed by atoms with Crippen LogP contribution >= 0.6 is 0 Å². The number of ether oxygens (including phenoxy) is 1. The summed E-state index contributed by atoms with van der Waals surface area (Å²) in [6.45, 7) is 0.258. The molecule has 1 heterocycles. The van der Waals surface area contributed by atoms with Crippen molar-refractivity contribution in [1.29, 1.82) is 0 Å². The van der Waals surface area contributed by atoms with E-state index < -0.39 is 0 Å². The maximum atomic E-state index is 12.6. The lowest BCUT2D eigenvalue weighted by atomic mass is 10.1. The minimum Gasteiger partial charge on any atom is -0.456 e. The van der Waals surface area contributed by atoms with Gasteiger partial charge in [-0.1, -0.05) is 84.9 Å².